The smallest absolute Gasteiger partial charge is 0.166 e. The van der Waals surface area contributed by atoms with Gasteiger partial charge in [-0.1, -0.05) is 75.2 Å². The van der Waals surface area contributed by atoms with Crippen LogP contribution in [-0.2, 0) is 6.42 Å². The lowest BCUT2D eigenvalue weighted by atomic mass is 9.77. The first kappa shape index (κ1) is 19.8. The number of aryl methyl sites for hydroxylation is 1. The Bertz CT molecular complexity index is 748. The first-order valence-corrected chi connectivity index (χ1v) is 10.4. The molecule has 0 aliphatic heterocycles. The molecule has 2 aromatic carbocycles. The lowest BCUT2D eigenvalue weighted by molar-refractivity contribution is 0.308. The van der Waals surface area contributed by atoms with Crippen LogP contribution in [0.2, 0.25) is 0 Å². The van der Waals surface area contributed by atoms with E-state index < -0.39 is 11.7 Å². The maximum absolute atomic E-state index is 14.6. The summed E-state index contributed by atoms with van der Waals surface area (Å²) in [6.45, 7) is 4.30. The summed E-state index contributed by atoms with van der Waals surface area (Å²) in [7, 11) is 0. The van der Waals surface area contributed by atoms with Crippen LogP contribution in [0, 0.1) is 5.92 Å². The van der Waals surface area contributed by atoms with Gasteiger partial charge in [0.25, 0.3) is 0 Å². The van der Waals surface area contributed by atoms with E-state index in [9.17, 15) is 8.78 Å². The first-order valence-electron chi connectivity index (χ1n) is 10.4. The fraction of sp³-hybridized carbons (Fsp3) is 0.440. The zero-order valence-electron chi connectivity index (χ0n) is 16.5. The van der Waals surface area contributed by atoms with E-state index in [1.54, 1.807) is 24.3 Å². The maximum Gasteiger partial charge on any atom is 0.166 e. The second-order valence-electron chi connectivity index (χ2n) is 7.81. The number of rotatable bonds is 6. The molecular formula is C25H30F2. The lowest BCUT2D eigenvalue weighted by Gasteiger charge is -2.28. The van der Waals surface area contributed by atoms with Crippen molar-refractivity contribution in [2.24, 2.45) is 5.92 Å². The van der Waals surface area contributed by atoms with Gasteiger partial charge in [-0.25, -0.2) is 8.78 Å². The molecule has 1 saturated carbocycles. The van der Waals surface area contributed by atoms with Crippen molar-refractivity contribution in [3.63, 3.8) is 0 Å². The molecule has 0 nitrogen and oxygen atoms in total. The van der Waals surface area contributed by atoms with E-state index in [0.29, 0.717) is 17.0 Å². The van der Waals surface area contributed by atoms with Gasteiger partial charge in [-0.05, 0) is 55.1 Å². The molecule has 0 heterocycles. The van der Waals surface area contributed by atoms with E-state index >= 15 is 0 Å². The Kier molecular flexibility index (Phi) is 6.82. The largest absolute Gasteiger partial charge is 0.203 e. The summed E-state index contributed by atoms with van der Waals surface area (Å²) >= 11 is 0. The van der Waals surface area contributed by atoms with Crippen molar-refractivity contribution in [1.29, 1.82) is 0 Å². The van der Waals surface area contributed by atoms with Crippen molar-refractivity contribution in [2.75, 3.05) is 0 Å². The molecule has 2 heteroatoms. The van der Waals surface area contributed by atoms with Crippen LogP contribution in [0.3, 0.4) is 0 Å². The van der Waals surface area contributed by atoms with Gasteiger partial charge in [-0.15, -0.1) is 0 Å². The molecule has 0 saturated heterocycles. The van der Waals surface area contributed by atoms with Crippen LogP contribution >= 0.6 is 0 Å². The minimum absolute atomic E-state index is 0.294. The Balaban J connectivity index is 1.70. The predicted molar refractivity (Wildman–Crippen MR) is 111 cm³/mol. The average molecular weight is 369 g/mol. The Morgan fingerprint density at radius 2 is 1.30 bits per heavy atom. The summed E-state index contributed by atoms with van der Waals surface area (Å²) in [5, 5.41) is 0. The van der Waals surface area contributed by atoms with Crippen molar-refractivity contribution in [3.05, 3.63) is 70.8 Å². The van der Waals surface area contributed by atoms with Gasteiger partial charge in [-0.2, -0.15) is 0 Å². The van der Waals surface area contributed by atoms with Crippen LogP contribution in [0.1, 0.15) is 80.5 Å². The predicted octanol–water partition coefficient (Wildman–Crippen LogP) is 8.09. The highest BCUT2D eigenvalue weighted by atomic mass is 19.2. The van der Waals surface area contributed by atoms with Crippen LogP contribution < -0.4 is 0 Å². The Labute approximate surface area is 162 Å². The van der Waals surface area contributed by atoms with Crippen molar-refractivity contribution in [2.45, 2.75) is 64.7 Å². The van der Waals surface area contributed by atoms with Gasteiger partial charge in [0.1, 0.15) is 0 Å². The van der Waals surface area contributed by atoms with Gasteiger partial charge in [-0.3, -0.25) is 0 Å². The van der Waals surface area contributed by atoms with E-state index in [-0.39, 0.29) is 0 Å². The molecule has 0 amide bonds. The molecule has 27 heavy (non-hydrogen) atoms. The number of hydrogen-bond acceptors (Lipinski definition) is 0. The molecule has 2 aromatic rings. The third kappa shape index (κ3) is 4.86. The first-order chi connectivity index (χ1) is 13.1. The van der Waals surface area contributed by atoms with Gasteiger partial charge < -0.3 is 0 Å². The monoisotopic (exact) mass is 368 g/mol. The van der Waals surface area contributed by atoms with Crippen LogP contribution in [0.4, 0.5) is 8.78 Å². The van der Waals surface area contributed by atoms with Gasteiger partial charge in [0, 0.05) is 11.1 Å². The van der Waals surface area contributed by atoms with Crippen molar-refractivity contribution >= 4 is 11.7 Å². The fourth-order valence-electron chi connectivity index (χ4n) is 4.23. The fourth-order valence-corrected chi connectivity index (χ4v) is 4.23. The molecule has 1 aliphatic rings. The topological polar surface area (TPSA) is 0 Å². The van der Waals surface area contributed by atoms with Gasteiger partial charge in [0.05, 0.1) is 0 Å². The molecule has 0 atom stereocenters. The van der Waals surface area contributed by atoms with E-state index in [2.05, 4.69) is 6.92 Å². The van der Waals surface area contributed by atoms with Gasteiger partial charge in [0.2, 0.25) is 0 Å². The summed E-state index contributed by atoms with van der Waals surface area (Å²) in [6, 6.07) is 14.4. The third-order valence-electron chi connectivity index (χ3n) is 5.99. The highest BCUT2D eigenvalue weighted by molar-refractivity contribution is 5.83. The minimum Gasteiger partial charge on any atom is -0.203 e. The number of benzene rings is 2. The molecule has 0 bridgehead atoms. The van der Waals surface area contributed by atoms with Crippen molar-refractivity contribution in [3.8, 4) is 0 Å². The maximum atomic E-state index is 14.6. The molecule has 0 N–H and O–H groups in total. The quantitative estimate of drug-likeness (QED) is 0.452. The molecule has 3 rings (SSSR count). The van der Waals surface area contributed by atoms with E-state index in [0.717, 1.165) is 17.9 Å². The minimum atomic E-state index is -0.787. The number of hydrogen-bond donors (Lipinski definition) is 0. The Morgan fingerprint density at radius 1 is 0.778 bits per heavy atom. The second kappa shape index (κ2) is 9.30. The SMILES string of the molecule is CCCC1CCC(c2ccc(/C(F)=C(\F)c3ccc(CC)cc3)cc2)CC1. The summed E-state index contributed by atoms with van der Waals surface area (Å²) in [6.07, 6.45) is 8.48. The molecule has 1 fully saturated rings. The molecule has 0 aromatic heterocycles. The van der Waals surface area contributed by atoms with Gasteiger partial charge in [0.15, 0.2) is 11.7 Å². The molecule has 1 aliphatic carbocycles. The second-order valence-corrected chi connectivity index (χ2v) is 7.81. The summed E-state index contributed by atoms with van der Waals surface area (Å²) in [5.41, 5.74) is 2.98. The molecule has 0 radical (unpaired) electrons. The van der Waals surface area contributed by atoms with Crippen LogP contribution in [-0.4, -0.2) is 0 Å². The van der Waals surface area contributed by atoms with Gasteiger partial charge >= 0.3 is 0 Å². The van der Waals surface area contributed by atoms with Crippen molar-refractivity contribution < 1.29 is 8.78 Å². The summed E-state index contributed by atoms with van der Waals surface area (Å²) in [5.74, 6) is -0.132. The standard InChI is InChI=1S/C25H30F2/c1-3-5-19-8-10-20(11-9-19)21-14-16-23(17-15-21)25(27)24(26)22-12-6-18(4-2)7-13-22/h6-7,12-17,19-20H,3-5,8-11H2,1-2H3/b25-24+. The van der Waals surface area contributed by atoms with E-state index in [1.807, 2.05) is 31.2 Å². The molecule has 0 spiro atoms. The van der Waals surface area contributed by atoms with Crippen LogP contribution in [0.25, 0.3) is 11.7 Å². The highest BCUT2D eigenvalue weighted by Crippen LogP contribution is 2.38. The van der Waals surface area contributed by atoms with Crippen molar-refractivity contribution in [1.82, 2.24) is 0 Å². The Hall–Kier alpha value is -1.96. The molecule has 144 valence electrons. The molecular weight excluding hydrogens is 338 g/mol. The summed E-state index contributed by atoms with van der Waals surface area (Å²) in [4.78, 5) is 0. The van der Waals surface area contributed by atoms with E-state index in [4.69, 9.17) is 0 Å². The zero-order valence-corrected chi connectivity index (χ0v) is 16.5. The lowest BCUT2D eigenvalue weighted by Crippen LogP contribution is -2.13. The molecule has 0 unspecified atom stereocenters. The van der Waals surface area contributed by atoms with E-state index in [1.165, 1.54) is 44.1 Å². The summed E-state index contributed by atoms with van der Waals surface area (Å²) < 4.78 is 29.1. The highest BCUT2D eigenvalue weighted by Gasteiger charge is 2.22. The zero-order chi connectivity index (χ0) is 19.2. The third-order valence-corrected chi connectivity index (χ3v) is 5.99. The number of halogens is 2. The van der Waals surface area contributed by atoms with Crippen LogP contribution in [0.15, 0.2) is 48.5 Å². The Morgan fingerprint density at radius 3 is 1.78 bits per heavy atom. The average Bonchev–Trinajstić information content (AvgIpc) is 2.74. The normalized spacial score (nSPS) is 21.0. The van der Waals surface area contributed by atoms with Crippen LogP contribution in [0.5, 0.6) is 0 Å².